The van der Waals surface area contributed by atoms with Crippen LogP contribution in [0.2, 0.25) is 0 Å². The van der Waals surface area contributed by atoms with Crippen LogP contribution in [0.3, 0.4) is 0 Å². The Morgan fingerprint density at radius 1 is 1.18 bits per heavy atom. The Bertz CT molecular complexity index is 1060. The molecular weight excluding hydrogens is 382 g/mol. The number of aromatic nitrogens is 1. The number of carbonyl (C=O) groups excluding carboxylic acids is 1. The van der Waals surface area contributed by atoms with Crippen LogP contribution in [0.1, 0.15) is 27.7 Å². The summed E-state index contributed by atoms with van der Waals surface area (Å²) in [7, 11) is -0.959. The summed E-state index contributed by atoms with van der Waals surface area (Å²) in [5, 5.41) is 2.53. The van der Waals surface area contributed by atoms with E-state index in [1.807, 2.05) is 18.2 Å². The number of sulfonamides is 1. The van der Waals surface area contributed by atoms with Gasteiger partial charge in [-0.2, -0.15) is 0 Å². The van der Waals surface area contributed by atoms with E-state index in [9.17, 15) is 13.2 Å². The molecule has 0 radical (unpaired) electrons. The van der Waals surface area contributed by atoms with Crippen molar-refractivity contribution in [2.75, 3.05) is 14.2 Å². The fourth-order valence-corrected chi connectivity index (χ4v) is 3.25. The van der Waals surface area contributed by atoms with E-state index in [4.69, 9.17) is 9.15 Å². The van der Waals surface area contributed by atoms with Crippen LogP contribution >= 0.6 is 0 Å². The molecule has 1 aromatic carbocycles. The van der Waals surface area contributed by atoms with Gasteiger partial charge in [-0.1, -0.05) is 18.2 Å². The second-order valence-corrected chi connectivity index (χ2v) is 7.62. The molecule has 0 spiro atoms. The van der Waals surface area contributed by atoms with E-state index in [1.54, 1.807) is 37.6 Å². The lowest BCUT2D eigenvalue weighted by Gasteiger charge is -2.19. The van der Waals surface area contributed by atoms with Gasteiger partial charge in [0.1, 0.15) is 12.0 Å². The number of furan rings is 1. The van der Waals surface area contributed by atoms with Crippen molar-refractivity contribution in [3.8, 4) is 5.75 Å². The van der Waals surface area contributed by atoms with Gasteiger partial charge < -0.3 is 14.5 Å². The lowest BCUT2D eigenvalue weighted by molar-refractivity contribution is 0.0941. The summed E-state index contributed by atoms with van der Waals surface area (Å²) in [6, 6.07) is 13.2. The number of hydrogen-bond acceptors (Lipinski definition) is 6. The molecule has 0 aliphatic rings. The molecule has 28 heavy (non-hydrogen) atoms. The van der Waals surface area contributed by atoms with Crippen molar-refractivity contribution in [2.24, 2.45) is 0 Å². The lowest BCUT2D eigenvalue weighted by Crippen LogP contribution is -2.29. The highest BCUT2D eigenvalue weighted by atomic mass is 32.2. The van der Waals surface area contributed by atoms with Gasteiger partial charge in [-0.05, 0) is 36.9 Å². The lowest BCUT2D eigenvalue weighted by atomic mass is 10.0. The van der Waals surface area contributed by atoms with E-state index in [1.165, 1.54) is 13.1 Å². The Kier molecular flexibility index (Phi) is 5.76. The summed E-state index contributed by atoms with van der Waals surface area (Å²) >= 11 is 0. The van der Waals surface area contributed by atoms with Gasteiger partial charge in [0, 0.05) is 12.3 Å². The van der Waals surface area contributed by atoms with Gasteiger partial charge in [-0.15, -0.1) is 0 Å². The molecule has 0 fully saturated rings. The highest BCUT2D eigenvalue weighted by molar-refractivity contribution is 7.89. The van der Waals surface area contributed by atoms with Crippen LogP contribution < -0.4 is 14.8 Å². The van der Waals surface area contributed by atoms with Crippen LogP contribution in [0.5, 0.6) is 5.75 Å². The SMILES string of the molecule is CNS(=O)(=O)c1cc(C(=O)N[C@@H](c2cccc(OC)c2)c2ccccn2)co1. The van der Waals surface area contributed by atoms with Gasteiger partial charge >= 0.3 is 0 Å². The predicted molar refractivity (Wildman–Crippen MR) is 101 cm³/mol. The minimum atomic E-state index is -3.78. The number of pyridine rings is 1. The van der Waals surface area contributed by atoms with Gasteiger partial charge in [0.2, 0.25) is 5.09 Å². The second-order valence-electron chi connectivity index (χ2n) is 5.80. The Labute approximate surface area is 162 Å². The summed E-state index contributed by atoms with van der Waals surface area (Å²) in [5.74, 6) is 0.137. The third-order valence-electron chi connectivity index (χ3n) is 4.06. The molecule has 8 nitrogen and oxygen atoms in total. The van der Waals surface area contributed by atoms with E-state index < -0.39 is 22.0 Å². The zero-order valence-corrected chi connectivity index (χ0v) is 16.1. The van der Waals surface area contributed by atoms with Gasteiger partial charge in [0.05, 0.1) is 24.4 Å². The van der Waals surface area contributed by atoms with Crippen molar-refractivity contribution in [1.29, 1.82) is 0 Å². The number of hydrogen-bond donors (Lipinski definition) is 2. The number of nitrogens with zero attached hydrogens (tertiary/aromatic N) is 1. The number of rotatable bonds is 7. The molecule has 0 aliphatic carbocycles. The highest BCUT2D eigenvalue weighted by Gasteiger charge is 2.23. The zero-order chi connectivity index (χ0) is 20.1. The Balaban J connectivity index is 1.93. The number of ether oxygens (including phenoxy) is 1. The molecule has 0 bridgehead atoms. The quantitative estimate of drug-likeness (QED) is 0.627. The van der Waals surface area contributed by atoms with Crippen molar-refractivity contribution in [1.82, 2.24) is 15.0 Å². The van der Waals surface area contributed by atoms with Gasteiger partial charge in [0.15, 0.2) is 0 Å². The molecule has 0 saturated heterocycles. The maximum Gasteiger partial charge on any atom is 0.273 e. The first-order chi connectivity index (χ1) is 13.4. The molecule has 2 N–H and O–H groups in total. The molecule has 146 valence electrons. The number of benzene rings is 1. The average Bonchev–Trinajstić information content (AvgIpc) is 3.24. The summed E-state index contributed by atoms with van der Waals surface area (Å²) in [6.45, 7) is 0. The molecular formula is C19H19N3O5S. The summed E-state index contributed by atoms with van der Waals surface area (Å²) < 4.78 is 36.0. The molecule has 1 amide bonds. The van der Waals surface area contributed by atoms with Crippen LogP contribution in [0.4, 0.5) is 0 Å². The van der Waals surface area contributed by atoms with Crippen molar-refractivity contribution >= 4 is 15.9 Å². The Hall–Kier alpha value is -3.17. The number of nitrogens with one attached hydrogen (secondary N) is 2. The second kappa shape index (κ2) is 8.24. The number of carbonyl (C=O) groups is 1. The first kappa shape index (κ1) is 19.6. The van der Waals surface area contributed by atoms with Crippen molar-refractivity contribution in [2.45, 2.75) is 11.1 Å². The monoisotopic (exact) mass is 401 g/mol. The molecule has 0 aliphatic heterocycles. The van der Waals surface area contributed by atoms with Crippen molar-refractivity contribution in [3.63, 3.8) is 0 Å². The smallest absolute Gasteiger partial charge is 0.273 e. The number of amides is 1. The van der Waals surface area contributed by atoms with Gasteiger partial charge in [0.25, 0.3) is 15.9 Å². The molecule has 1 atom stereocenters. The normalized spacial score (nSPS) is 12.4. The fourth-order valence-electron chi connectivity index (χ4n) is 2.59. The van der Waals surface area contributed by atoms with Crippen molar-refractivity contribution < 1.29 is 22.4 Å². The van der Waals surface area contributed by atoms with Gasteiger partial charge in [-0.25, -0.2) is 13.1 Å². The maximum absolute atomic E-state index is 12.7. The largest absolute Gasteiger partial charge is 0.497 e. The van der Waals surface area contributed by atoms with E-state index in [2.05, 4.69) is 15.0 Å². The molecule has 2 heterocycles. The first-order valence-corrected chi connectivity index (χ1v) is 9.80. The highest BCUT2D eigenvalue weighted by Crippen LogP contribution is 2.25. The van der Waals surface area contributed by atoms with E-state index >= 15 is 0 Å². The summed E-state index contributed by atoms with van der Waals surface area (Å²) in [4.78, 5) is 17.1. The molecule has 9 heteroatoms. The Morgan fingerprint density at radius 2 is 2.00 bits per heavy atom. The molecule has 3 aromatic rings. The van der Waals surface area contributed by atoms with Crippen LogP contribution in [-0.4, -0.2) is 33.5 Å². The third kappa shape index (κ3) is 4.21. The average molecular weight is 401 g/mol. The van der Waals surface area contributed by atoms with Gasteiger partial charge in [-0.3, -0.25) is 9.78 Å². The van der Waals surface area contributed by atoms with Crippen LogP contribution in [0.15, 0.2) is 70.5 Å². The third-order valence-corrected chi connectivity index (χ3v) is 5.34. The standard InChI is InChI=1S/C19H19N3O5S/c1-20-28(24,25)17-11-14(12-27-17)19(23)22-18(16-8-3-4-9-21-16)13-6-5-7-15(10-13)26-2/h3-12,18,20H,1-2H3,(H,22,23)/t18-/m0/s1. The maximum atomic E-state index is 12.7. The minimum absolute atomic E-state index is 0.0812. The molecule has 0 unspecified atom stereocenters. The predicted octanol–water partition coefficient (Wildman–Crippen LogP) is 2.11. The zero-order valence-electron chi connectivity index (χ0n) is 15.2. The van der Waals surface area contributed by atoms with E-state index in [0.29, 0.717) is 11.4 Å². The van der Waals surface area contributed by atoms with Crippen LogP contribution in [0.25, 0.3) is 0 Å². The molecule has 2 aromatic heterocycles. The van der Waals surface area contributed by atoms with Crippen LogP contribution in [0, 0.1) is 0 Å². The van der Waals surface area contributed by atoms with E-state index in [-0.39, 0.29) is 10.7 Å². The number of methoxy groups -OCH3 is 1. The summed E-state index contributed by atoms with van der Waals surface area (Å²) in [5.41, 5.74) is 1.46. The van der Waals surface area contributed by atoms with Crippen molar-refractivity contribution in [3.05, 3.63) is 77.8 Å². The first-order valence-electron chi connectivity index (χ1n) is 8.32. The minimum Gasteiger partial charge on any atom is -0.497 e. The molecule has 3 rings (SSSR count). The molecule has 0 saturated carbocycles. The van der Waals surface area contributed by atoms with E-state index in [0.717, 1.165) is 11.8 Å². The Morgan fingerprint density at radius 3 is 2.68 bits per heavy atom. The fraction of sp³-hybridized carbons (Fsp3) is 0.158. The summed E-state index contributed by atoms with van der Waals surface area (Å²) in [6.07, 6.45) is 2.73. The van der Waals surface area contributed by atoms with Crippen LogP contribution in [-0.2, 0) is 10.0 Å². The topological polar surface area (TPSA) is 111 Å².